The minimum atomic E-state index is -4.38. The van der Waals surface area contributed by atoms with Crippen molar-refractivity contribution < 1.29 is 22.3 Å². The van der Waals surface area contributed by atoms with E-state index in [9.17, 15) is 17.6 Å². The highest BCUT2D eigenvalue weighted by Gasteiger charge is 2.27. The topological polar surface area (TPSA) is 35.2 Å². The third kappa shape index (κ3) is 4.64. The van der Waals surface area contributed by atoms with E-state index in [0.29, 0.717) is 0 Å². The van der Waals surface area contributed by atoms with Gasteiger partial charge in [0.25, 0.3) is 0 Å². The highest BCUT2D eigenvalue weighted by atomic mass is 19.4. The van der Waals surface area contributed by atoms with E-state index in [1.807, 2.05) is 0 Å². The Morgan fingerprint density at radius 3 is 2.40 bits per heavy atom. The largest absolute Gasteiger partial charge is 0.411 e. The lowest BCUT2D eigenvalue weighted by Gasteiger charge is -2.08. The Kier molecular flexibility index (Phi) is 3.52. The molecule has 0 aliphatic heterocycles. The summed E-state index contributed by atoms with van der Waals surface area (Å²) in [7, 11) is 0. The van der Waals surface area contributed by atoms with Crippen LogP contribution >= 0.6 is 0 Å². The van der Waals surface area contributed by atoms with Crippen molar-refractivity contribution in [1.82, 2.24) is 0 Å². The van der Waals surface area contributed by atoms with Crippen LogP contribution in [0.1, 0.15) is 5.56 Å². The fraction of sp³-hybridized carbons (Fsp3) is 0.333. The zero-order valence-electron chi connectivity index (χ0n) is 7.64. The number of rotatable bonds is 3. The summed E-state index contributed by atoms with van der Waals surface area (Å²) in [6.45, 7) is -1.68. The van der Waals surface area contributed by atoms with Crippen LogP contribution in [0, 0.1) is 5.82 Å². The molecule has 0 unspecified atom stereocenters. The number of nitrogens with two attached hydrogens (primary N) is 1. The van der Waals surface area contributed by atoms with Gasteiger partial charge < -0.3 is 10.5 Å². The highest BCUT2D eigenvalue weighted by molar-refractivity contribution is 5.41. The van der Waals surface area contributed by atoms with E-state index in [-0.39, 0.29) is 17.9 Å². The molecular weight excluding hydrogens is 214 g/mol. The summed E-state index contributed by atoms with van der Waals surface area (Å²) >= 11 is 0. The van der Waals surface area contributed by atoms with Crippen LogP contribution in [-0.2, 0) is 11.3 Å². The van der Waals surface area contributed by atoms with Crippen LogP contribution in [0.3, 0.4) is 0 Å². The maximum absolute atomic E-state index is 12.7. The lowest BCUT2D eigenvalue weighted by molar-refractivity contribution is -0.176. The van der Waals surface area contributed by atoms with Crippen molar-refractivity contribution in [3.8, 4) is 0 Å². The number of nitrogen functional groups attached to an aromatic ring is 1. The highest BCUT2D eigenvalue weighted by Crippen LogP contribution is 2.17. The molecule has 0 radical (unpaired) electrons. The van der Waals surface area contributed by atoms with Crippen molar-refractivity contribution in [3.05, 3.63) is 29.6 Å². The second-order valence-electron chi connectivity index (χ2n) is 3.00. The first-order chi connectivity index (χ1) is 6.87. The average molecular weight is 223 g/mol. The molecule has 0 heterocycles. The monoisotopic (exact) mass is 223 g/mol. The van der Waals surface area contributed by atoms with Crippen molar-refractivity contribution in [2.45, 2.75) is 12.8 Å². The fourth-order valence-corrected chi connectivity index (χ4v) is 1.04. The Balaban J connectivity index is 2.51. The standard InChI is InChI=1S/C9H9F4NO/c10-7-1-6(2-8(14)3-7)4-15-5-9(11,12)13/h1-3H,4-5,14H2. The summed E-state index contributed by atoms with van der Waals surface area (Å²) in [4.78, 5) is 0. The third-order valence-corrected chi connectivity index (χ3v) is 1.51. The molecule has 0 atom stereocenters. The zero-order chi connectivity index (χ0) is 11.5. The quantitative estimate of drug-likeness (QED) is 0.631. The zero-order valence-corrected chi connectivity index (χ0v) is 7.64. The Morgan fingerprint density at radius 1 is 1.20 bits per heavy atom. The SMILES string of the molecule is Nc1cc(F)cc(COCC(F)(F)F)c1. The van der Waals surface area contributed by atoms with Gasteiger partial charge in [-0.2, -0.15) is 13.2 Å². The van der Waals surface area contributed by atoms with Gasteiger partial charge in [0.2, 0.25) is 0 Å². The van der Waals surface area contributed by atoms with E-state index in [4.69, 9.17) is 5.73 Å². The normalized spacial score (nSPS) is 11.7. The Hall–Kier alpha value is -1.30. The number of hydrogen-bond acceptors (Lipinski definition) is 2. The minimum Gasteiger partial charge on any atom is -0.399 e. The molecule has 0 saturated heterocycles. The predicted molar refractivity (Wildman–Crippen MR) is 46.5 cm³/mol. The van der Waals surface area contributed by atoms with Crippen molar-refractivity contribution in [2.24, 2.45) is 0 Å². The molecule has 84 valence electrons. The number of anilines is 1. The minimum absolute atomic E-state index is 0.153. The molecule has 0 aromatic heterocycles. The molecular formula is C9H9F4NO. The van der Waals surface area contributed by atoms with E-state index in [1.165, 1.54) is 6.07 Å². The average Bonchev–Trinajstić information content (AvgIpc) is 1.99. The van der Waals surface area contributed by atoms with E-state index in [0.717, 1.165) is 12.1 Å². The molecule has 2 N–H and O–H groups in total. The molecule has 0 amide bonds. The van der Waals surface area contributed by atoms with Crippen molar-refractivity contribution in [2.75, 3.05) is 12.3 Å². The van der Waals surface area contributed by atoms with Crippen LogP contribution in [0.15, 0.2) is 18.2 Å². The molecule has 1 aromatic carbocycles. The number of benzene rings is 1. The smallest absolute Gasteiger partial charge is 0.399 e. The molecule has 1 rings (SSSR count). The van der Waals surface area contributed by atoms with Gasteiger partial charge in [0.15, 0.2) is 0 Å². The first kappa shape index (κ1) is 11.8. The van der Waals surface area contributed by atoms with Crippen LogP contribution in [0.4, 0.5) is 23.2 Å². The van der Waals surface area contributed by atoms with E-state index in [2.05, 4.69) is 4.74 Å². The maximum atomic E-state index is 12.7. The Morgan fingerprint density at radius 2 is 1.87 bits per heavy atom. The van der Waals surface area contributed by atoms with Crippen molar-refractivity contribution >= 4 is 5.69 Å². The lowest BCUT2D eigenvalue weighted by Crippen LogP contribution is -2.16. The van der Waals surface area contributed by atoms with Crippen LogP contribution in [0.5, 0.6) is 0 Å². The molecule has 6 heteroatoms. The lowest BCUT2D eigenvalue weighted by atomic mass is 10.2. The summed E-state index contributed by atoms with van der Waals surface area (Å²) in [6.07, 6.45) is -4.38. The summed E-state index contributed by atoms with van der Waals surface area (Å²) in [5.74, 6) is -0.597. The van der Waals surface area contributed by atoms with Crippen LogP contribution in [-0.4, -0.2) is 12.8 Å². The van der Waals surface area contributed by atoms with E-state index in [1.54, 1.807) is 0 Å². The summed E-state index contributed by atoms with van der Waals surface area (Å²) in [5.41, 5.74) is 5.73. The Bertz CT molecular complexity index is 317. The van der Waals surface area contributed by atoms with Crippen LogP contribution in [0.2, 0.25) is 0 Å². The second-order valence-corrected chi connectivity index (χ2v) is 3.00. The molecule has 0 saturated carbocycles. The van der Waals surface area contributed by atoms with Crippen LogP contribution < -0.4 is 5.73 Å². The molecule has 0 fully saturated rings. The summed E-state index contributed by atoms with van der Waals surface area (Å²) in [5, 5.41) is 0. The number of halogens is 4. The first-order valence-electron chi connectivity index (χ1n) is 4.06. The summed E-state index contributed by atoms with van der Waals surface area (Å²) in [6, 6.07) is 3.51. The van der Waals surface area contributed by atoms with Gasteiger partial charge in [-0.3, -0.25) is 0 Å². The Labute approximate surface area is 83.6 Å². The molecule has 0 bridgehead atoms. The number of alkyl halides is 3. The van der Waals surface area contributed by atoms with Gasteiger partial charge in [-0.05, 0) is 23.8 Å². The third-order valence-electron chi connectivity index (χ3n) is 1.51. The van der Waals surface area contributed by atoms with Gasteiger partial charge in [-0.15, -0.1) is 0 Å². The second kappa shape index (κ2) is 4.48. The molecule has 2 nitrogen and oxygen atoms in total. The van der Waals surface area contributed by atoms with Crippen molar-refractivity contribution in [3.63, 3.8) is 0 Å². The van der Waals surface area contributed by atoms with Gasteiger partial charge in [0.1, 0.15) is 12.4 Å². The van der Waals surface area contributed by atoms with Gasteiger partial charge in [0, 0.05) is 5.69 Å². The molecule has 0 spiro atoms. The molecule has 1 aromatic rings. The van der Waals surface area contributed by atoms with Gasteiger partial charge >= 0.3 is 6.18 Å². The molecule has 0 aliphatic rings. The molecule has 15 heavy (non-hydrogen) atoms. The van der Waals surface area contributed by atoms with Crippen molar-refractivity contribution in [1.29, 1.82) is 0 Å². The van der Waals surface area contributed by atoms with E-state index < -0.39 is 18.6 Å². The molecule has 0 aliphatic carbocycles. The fourth-order valence-electron chi connectivity index (χ4n) is 1.04. The van der Waals surface area contributed by atoms with Gasteiger partial charge in [-0.25, -0.2) is 4.39 Å². The first-order valence-corrected chi connectivity index (χ1v) is 4.06. The summed E-state index contributed by atoms with van der Waals surface area (Å²) < 4.78 is 52.2. The van der Waals surface area contributed by atoms with Gasteiger partial charge in [0.05, 0.1) is 6.61 Å². The number of ether oxygens (including phenoxy) is 1. The maximum Gasteiger partial charge on any atom is 0.411 e. The van der Waals surface area contributed by atoms with Crippen LogP contribution in [0.25, 0.3) is 0 Å². The van der Waals surface area contributed by atoms with Gasteiger partial charge in [-0.1, -0.05) is 0 Å². The van der Waals surface area contributed by atoms with E-state index >= 15 is 0 Å². The predicted octanol–water partition coefficient (Wildman–Crippen LogP) is 2.49. The number of hydrogen-bond donors (Lipinski definition) is 1.